The van der Waals surface area contributed by atoms with Gasteiger partial charge in [0.15, 0.2) is 0 Å². The standard InChI is InChI=1S/C79H153N2O6P/c1-6-8-10-12-14-16-18-20-22-24-26-28-30-32-33-34-35-36-37-38-39-40-41-42-43-44-45-46-47-49-51-53-55-57-59-61-63-65-67-69-71-73-79(83)80-77(76-87-88(84,85)86-75-74-81(3,4)5)78(82)72-70-68-66-64-62-60-58-56-54-52-50-48-31-29-27-25-23-21-19-17-15-13-11-9-7-2/h18,20,24,26,62,64,70,72,77-78,82H,6-17,19,21-23,25,27-61,63,65-69,71,73-76H2,1-5H3,(H-,80,83,84,85)/b20-18-,26-24-,64-62+,72-70+. The maximum absolute atomic E-state index is 13.1. The quantitative estimate of drug-likeness (QED) is 0.0272. The summed E-state index contributed by atoms with van der Waals surface area (Å²) < 4.78 is 23.5. The number of phosphoric ester groups is 1. The van der Waals surface area contributed by atoms with Gasteiger partial charge in [0, 0.05) is 6.42 Å². The minimum Gasteiger partial charge on any atom is -0.756 e. The number of quaternary nitrogens is 1. The lowest BCUT2D eigenvalue weighted by molar-refractivity contribution is -0.870. The Morgan fingerprint density at radius 2 is 0.670 bits per heavy atom. The number of aliphatic hydroxyl groups excluding tert-OH is 1. The highest BCUT2D eigenvalue weighted by Gasteiger charge is 2.23. The van der Waals surface area contributed by atoms with Crippen molar-refractivity contribution in [3.05, 3.63) is 48.6 Å². The fraction of sp³-hybridized carbons (Fsp3) is 0.886. The summed E-state index contributed by atoms with van der Waals surface area (Å²) in [6.07, 6.45) is 95.7. The lowest BCUT2D eigenvalue weighted by Gasteiger charge is -2.29. The number of hydrogen-bond acceptors (Lipinski definition) is 6. The SMILES string of the molecule is CCCCCCC/C=C\C/C=C\CCCCCCCCCCCCCCCCCCCCCCCCCCCCCCCC(=O)NC(COP(=O)([O-])OCC[N+](C)(C)C)C(O)/C=C/CC/C=C/CCCCCCCCCCCCCCCCCCCCC. The van der Waals surface area contributed by atoms with E-state index in [2.05, 4.69) is 55.6 Å². The predicted octanol–water partition coefficient (Wildman–Crippen LogP) is 24.7. The molecule has 0 saturated carbocycles. The molecule has 0 saturated heterocycles. The molecule has 88 heavy (non-hydrogen) atoms. The van der Waals surface area contributed by atoms with E-state index in [4.69, 9.17) is 9.05 Å². The van der Waals surface area contributed by atoms with Crippen LogP contribution >= 0.6 is 7.82 Å². The minimum absolute atomic E-state index is 0.00446. The molecule has 8 nitrogen and oxygen atoms in total. The second-order valence-corrected chi connectivity index (χ2v) is 29.5. The number of likely N-dealkylation sites (N-methyl/N-ethyl adjacent to an activating group) is 1. The summed E-state index contributed by atoms with van der Waals surface area (Å²) in [6, 6.07) is -0.904. The molecule has 0 rings (SSSR count). The lowest BCUT2D eigenvalue weighted by atomic mass is 10.0. The Labute approximate surface area is 549 Å². The molecule has 520 valence electrons. The second-order valence-electron chi connectivity index (χ2n) is 28.1. The van der Waals surface area contributed by atoms with Gasteiger partial charge in [-0.15, -0.1) is 0 Å². The van der Waals surface area contributed by atoms with Crippen LogP contribution in [0.3, 0.4) is 0 Å². The highest BCUT2D eigenvalue weighted by Crippen LogP contribution is 2.38. The van der Waals surface area contributed by atoms with Crippen molar-refractivity contribution in [2.75, 3.05) is 40.9 Å². The van der Waals surface area contributed by atoms with Crippen molar-refractivity contribution in [1.29, 1.82) is 0 Å². The summed E-state index contributed by atoms with van der Waals surface area (Å²) in [7, 11) is 1.26. The molecule has 0 aliphatic heterocycles. The van der Waals surface area contributed by atoms with Gasteiger partial charge in [0.1, 0.15) is 13.2 Å². The molecule has 9 heteroatoms. The van der Waals surface area contributed by atoms with Crippen LogP contribution in [0.5, 0.6) is 0 Å². The molecular weight excluding hydrogens is 1100 g/mol. The van der Waals surface area contributed by atoms with Crippen molar-refractivity contribution in [3.63, 3.8) is 0 Å². The smallest absolute Gasteiger partial charge is 0.268 e. The van der Waals surface area contributed by atoms with Crippen LogP contribution in [0, 0.1) is 0 Å². The first-order valence-electron chi connectivity index (χ1n) is 39.0. The first-order valence-corrected chi connectivity index (χ1v) is 40.5. The van der Waals surface area contributed by atoms with E-state index in [-0.39, 0.29) is 19.1 Å². The van der Waals surface area contributed by atoms with E-state index in [0.29, 0.717) is 17.4 Å². The van der Waals surface area contributed by atoms with Crippen LogP contribution in [0.4, 0.5) is 0 Å². The van der Waals surface area contributed by atoms with Crippen molar-refractivity contribution in [2.24, 2.45) is 0 Å². The first kappa shape index (κ1) is 86.5. The van der Waals surface area contributed by atoms with E-state index in [9.17, 15) is 19.4 Å². The summed E-state index contributed by atoms with van der Waals surface area (Å²) in [5.74, 6) is -0.199. The molecule has 1 amide bonds. The van der Waals surface area contributed by atoms with Crippen molar-refractivity contribution < 1.29 is 32.9 Å². The van der Waals surface area contributed by atoms with Gasteiger partial charge in [-0.05, 0) is 64.2 Å². The predicted molar refractivity (Wildman–Crippen MR) is 385 cm³/mol. The van der Waals surface area contributed by atoms with Gasteiger partial charge < -0.3 is 28.8 Å². The number of amides is 1. The molecule has 0 aromatic carbocycles. The molecule has 0 fully saturated rings. The molecule has 0 aliphatic rings. The number of unbranched alkanes of at least 4 members (excludes halogenated alkanes) is 54. The average Bonchev–Trinajstić information content (AvgIpc) is 3.71. The number of aliphatic hydroxyl groups is 1. The van der Waals surface area contributed by atoms with Gasteiger partial charge in [-0.3, -0.25) is 9.36 Å². The van der Waals surface area contributed by atoms with E-state index in [1.54, 1.807) is 6.08 Å². The third-order valence-corrected chi connectivity index (χ3v) is 19.0. The van der Waals surface area contributed by atoms with E-state index < -0.39 is 20.0 Å². The Morgan fingerprint density at radius 3 is 0.989 bits per heavy atom. The largest absolute Gasteiger partial charge is 0.756 e. The number of nitrogens with zero attached hydrogens (tertiary/aromatic N) is 1. The summed E-state index contributed by atoms with van der Waals surface area (Å²) in [4.78, 5) is 25.7. The Hall–Kier alpha value is -1.54. The molecule has 2 N–H and O–H groups in total. The highest BCUT2D eigenvalue weighted by atomic mass is 31.2. The van der Waals surface area contributed by atoms with Crippen LogP contribution in [-0.2, 0) is 18.4 Å². The third-order valence-electron chi connectivity index (χ3n) is 18.0. The van der Waals surface area contributed by atoms with E-state index in [1.165, 1.54) is 334 Å². The van der Waals surface area contributed by atoms with Crippen molar-refractivity contribution >= 4 is 13.7 Å². The van der Waals surface area contributed by atoms with Gasteiger partial charge in [0.05, 0.1) is 39.9 Å². The number of carbonyl (C=O) groups is 1. The normalized spacial score (nSPS) is 13.8. The maximum Gasteiger partial charge on any atom is 0.268 e. The van der Waals surface area contributed by atoms with Crippen LogP contribution in [0.25, 0.3) is 0 Å². The number of rotatable bonds is 73. The van der Waals surface area contributed by atoms with Crippen molar-refractivity contribution in [1.82, 2.24) is 5.32 Å². The highest BCUT2D eigenvalue weighted by molar-refractivity contribution is 7.45. The molecule has 3 atom stereocenters. The fourth-order valence-corrected chi connectivity index (χ4v) is 12.7. The lowest BCUT2D eigenvalue weighted by Crippen LogP contribution is -2.45. The number of hydrogen-bond donors (Lipinski definition) is 2. The zero-order chi connectivity index (χ0) is 64.1. The minimum atomic E-state index is -4.61. The Morgan fingerprint density at radius 1 is 0.398 bits per heavy atom. The monoisotopic (exact) mass is 1260 g/mol. The summed E-state index contributed by atoms with van der Waals surface area (Å²) in [5, 5.41) is 14.0. The van der Waals surface area contributed by atoms with Gasteiger partial charge in [-0.1, -0.05) is 377 Å². The molecule has 0 radical (unpaired) electrons. The topological polar surface area (TPSA) is 108 Å². The van der Waals surface area contributed by atoms with Gasteiger partial charge in [0.25, 0.3) is 7.82 Å². The van der Waals surface area contributed by atoms with Crippen LogP contribution in [-0.4, -0.2) is 68.5 Å². The molecule has 3 unspecified atom stereocenters. The van der Waals surface area contributed by atoms with Crippen LogP contribution in [0.15, 0.2) is 48.6 Å². The molecule has 0 aromatic heterocycles. The molecule has 0 aliphatic carbocycles. The van der Waals surface area contributed by atoms with Gasteiger partial charge >= 0.3 is 0 Å². The van der Waals surface area contributed by atoms with Crippen LogP contribution in [0.2, 0.25) is 0 Å². The number of carbonyl (C=O) groups excluding carboxylic acids is 1. The zero-order valence-corrected chi connectivity index (χ0v) is 60.6. The molecule has 0 heterocycles. The molecule has 0 aromatic rings. The molecular formula is C79H153N2O6P. The number of phosphoric acid groups is 1. The van der Waals surface area contributed by atoms with Gasteiger partial charge in [-0.2, -0.15) is 0 Å². The van der Waals surface area contributed by atoms with Gasteiger partial charge in [-0.25, -0.2) is 0 Å². The van der Waals surface area contributed by atoms with Crippen molar-refractivity contribution in [2.45, 2.75) is 411 Å². The van der Waals surface area contributed by atoms with Crippen molar-refractivity contribution in [3.8, 4) is 0 Å². The zero-order valence-electron chi connectivity index (χ0n) is 59.7. The van der Waals surface area contributed by atoms with Gasteiger partial charge in [0.2, 0.25) is 5.91 Å². The first-order chi connectivity index (χ1) is 43.0. The Bertz CT molecular complexity index is 1580. The molecule has 0 spiro atoms. The van der Waals surface area contributed by atoms with E-state index >= 15 is 0 Å². The Kier molecular flexibility index (Phi) is 68.6. The fourth-order valence-electron chi connectivity index (χ4n) is 12.0. The summed E-state index contributed by atoms with van der Waals surface area (Å²) in [5.41, 5.74) is 0. The van der Waals surface area contributed by atoms with E-state index in [0.717, 1.165) is 44.9 Å². The summed E-state index contributed by atoms with van der Waals surface area (Å²) in [6.45, 7) is 4.68. The summed E-state index contributed by atoms with van der Waals surface area (Å²) >= 11 is 0. The number of nitrogens with one attached hydrogen (secondary N) is 1. The van der Waals surface area contributed by atoms with E-state index in [1.807, 2.05) is 27.2 Å². The third kappa shape index (κ3) is 71.9. The van der Waals surface area contributed by atoms with Crippen LogP contribution < -0.4 is 10.2 Å². The maximum atomic E-state index is 13.1. The second kappa shape index (κ2) is 69.8. The van der Waals surface area contributed by atoms with Crippen LogP contribution in [0.1, 0.15) is 399 Å². The Balaban J connectivity index is 3.93. The average molecular weight is 1260 g/mol. The number of allylic oxidation sites excluding steroid dienone is 7. The molecule has 0 bridgehead atoms.